The first-order valence-corrected chi connectivity index (χ1v) is 21.9. The summed E-state index contributed by atoms with van der Waals surface area (Å²) in [6.07, 6.45) is 5.24. The first-order chi connectivity index (χ1) is 27.8. The molecule has 5 rings (SSSR count). The Hall–Kier alpha value is -3.76. The zero-order valence-electron chi connectivity index (χ0n) is 32.3. The van der Waals surface area contributed by atoms with Crippen LogP contribution in [0.5, 0.6) is 0 Å². The van der Waals surface area contributed by atoms with Gasteiger partial charge in [0.1, 0.15) is 42.3 Å². The maximum absolute atomic E-state index is 13.7. The van der Waals surface area contributed by atoms with Crippen molar-refractivity contribution in [3.63, 3.8) is 0 Å². The van der Waals surface area contributed by atoms with Gasteiger partial charge in [0.2, 0.25) is 47.3 Å². The molecule has 0 aromatic carbocycles. The van der Waals surface area contributed by atoms with Crippen molar-refractivity contribution < 1.29 is 48.3 Å². The first kappa shape index (κ1) is 45.3. The average Bonchev–Trinajstić information content (AvgIpc) is 4.07. The van der Waals surface area contributed by atoms with Gasteiger partial charge in [-0.05, 0) is 70.8 Å². The Labute approximate surface area is 353 Å². The number of carboxylic acids is 1. The van der Waals surface area contributed by atoms with Crippen LogP contribution in [-0.4, -0.2) is 183 Å². The van der Waals surface area contributed by atoms with Gasteiger partial charge in [-0.15, -0.1) is 0 Å². The third kappa shape index (κ3) is 10.5. The molecule has 0 unspecified atom stereocenters. The molecule has 0 aliphatic carbocycles. The summed E-state index contributed by atoms with van der Waals surface area (Å²) in [6.45, 7) is 1.42. The quantitative estimate of drug-likeness (QED) is 0.0715. The van der Waals surface area contributed by atoms with Crippen LogP contribution in [0, 0.1) is 0 Å². The molecule has 8 amide bonds. The SMILES string of the molecule is O=C(CNC(=O)[C@@H]1CCCN1C(=O)[C@H](CS)NC(=O)[C@@H]1CCCN1C(=O)[C@@H]1CCCN1)N[C@@H](CS)C(=O)N1CCC[C@H]1C(=O)N1CCC[C@H]1C(=O)N[C@@H](CS)C(=O)O. The lowest BCUT2D eigenvalue weighted by molar-refractivity contribution is -0.148. The molecular formula is C36H55N9O10S3. The molecule has 0 saturated carbocycles. The highest BCUT2D eigenvalue weighted by molar-refractivity contribution is 7.80. The van der Waals surface area contributed by atoms with E-state index in [9.17, 15) is 48.3 Å². The third-order valence-corrected chi connectivity index (χ3v) is 12.6. The minimum atomic E-state index is -1.25. The Morgan fingerprint density at radius 1 is 0.552 bits per heavy atom. The molecule has 5 fully saturated rings. The van der Waals surface area contributed by atoms with Crippen molar-refractivity contribution in [2.45, 2.75) is 113 Å². The normalized spacial score (nSPS) is 25.9. The summed E-state index contributed by atoms with van der Waals surface area (Å²) < 4.78 is 0. The standard InChI is InChI=1S/C36H55N9O10S3/c46-28(39-21(17-56)33(51)45-15-5-10-27(45)35(53)44-14-4-9-26(44)31(49)41-23(19-58)36(54)55)16-38-29(47)24-7-2-12-42(24)34(52)22(18-57)40-30(48)25-8-3-13-43(25)32(50)20-6-1-11-37-20/h20-27,37,56-58H,1-19H2,(H,38,47)(H,39,46)(H,40,48)(H,41,49)(H,54,55)/t20-,21-,22-,23-,24-,25-,26-,27-/m0/s1. The van der Waals surface area contributed by atoms with E-state index in [0.29, 0.717) is 64.3 Å². The maximum Gasteiger partial charge on any atom is 0.327 e. The summed E-state index contributed by atoms with van der Waals surface area (Å²) in [4.78, 5) is 124. The summed E-state index contributed by atoms with van der Waals surface area (Å²) in [6, 6.07) is -7.16. The molecule has 0 spiro atoms. The zero-order valence-corrected chi connectivity index (χ0v) is 35.0. The number of carboxylic acid groups (broad SMARTS) is 1. The van der Waals surface area contributed by atoms with Gasteiger partial charge in [-0.25, -0.2) is 4.79 Å². The van der Waals surface area contributed by atoms with E-state index in [1.165, 1.54) is 14.7 Å². The Morgan fingerprint density at radius 2 is 1.00 bits per heavy atom. The lowest BCUT2D eigenvalue weighted by Crippen LogP contribution is -2.58. The molecule has 5 heterocycles. The molecule has 0 aromatic heterocycles. The Kier molecular flexibility index (Phi) is 16.4. The molecule has 0 radical (unpaired) electrons. The van der Waals surface area contributed by atoms with Crippen molar-refractivity contribution in [3.05, 3.63) is 0 Å². The molecule has 58 heavy (non-hydrogen) atoms. The summed E-state index contributed by atoms with van der Waals surface area (Å²) in [5.74, 6) is -5.50. The van der Waals surface area contributed by atoms with Gasteiger partial charge in [0.05, 0.1) is 12.6 Å². The maximum atomic E-state index is 13.7. The molecule has 5 aliphatic heterocycles. The fraction of sp³-hybridized carbons (Fsp3) is 0.750. The highest BCUT2D eigenvalue weighted by Crippen LogP contribution is 2.27. The number of amides is 8. The number of hydrogen-bond donors (Lipinski definition) is 9. The summed E-state index contributed by atoms with van der Waals surface area (Å²) in [7, 11) is 0. The molecule has 0 aromatic rings. The lowest BCUT2D eigenvalue weighted by atomic mass is 10.1. The van der Waals surface area contributed by atoms with Gasteiger partial charge < -0.3 is 51.3 Å². The molecule has 6 N–H and O–H groups in total. The fourth-order valence-electron chi connectivity index (χ4n) is 8.51. The van der Waals surface area contributed by atoms with Crippen LogP contribution in [-0.2, 0) is 43.2 Å². The number of carbonyl (C=O) groups is 9. The van der Waals surface area contributed by atoms with E-state index in [1.807, 2.05) is 0 Å². The van der Waals surface area contributed by atoms with E-state index in [0.717, 1.165) is 13.0 Å². The predicted molar refractivity (Wildman–Crippen MR) is 218 cm³/mol. The van der Waals surface area contributed by atoms with Crippen LogP contribution < -0.4 is 26.6 Å². The molecule has 5 aliphatic rings. The topological polar surface area (TPSA) is 247 Å². The van der Waals surface area contributed by atoms with Crippen molar-refractivity contribution in [1.82, 2.24) is 46.2 Å². The summed E-state index contributed by atoms with van der Waals surface area (Å²) >= 11 is 12.6. The number of rotatable bonds is 16. The summed E-state index contributed by atoms with van der Waals surface area (Å²) in [5.41, 5.74) is 0. The van der Waals surface area contributed by atoms with Gasteiger partial charge in [-0.2, -0.15) is 37.9 Å². The number of carbonyl (C=O) groups excluding carboxylic acids is 8. The predicted octanol–water partition coefficient (Wildman–Crippen LogP) is -2.85. The molecular weight excluding hydrogens is 815 g/mol. The molecule has 5 saturated heterocycles. The van der Waals surface area contributed by atoms with Gasteiger partial charge in [-0.3, -0.25) is 38.4 Å². The van der Waals surface area contributed by atoms with Crippen molar-refractivity contribution in [1.29, 1.82) is 0 Å². The van der Waals surface area contributed by atoms with E-state index in [4.69, 9.17) is 0 Å². The van der Waals surface area contributed by atoms with Gasteiger partial charge in [0.25, 0.3) is 0 Å². The van der Waals surface area contributed by atoms with E-state index in [-0.39, 0.29) is 48.8 Å². The second kappa shape index (κ2) is 21.0. The van der Waals surface area contributed by atoms with E-state index >= 15 is 0 Å². The van der Waals surface area contributed by atoms with Crippen molar-refractivity contribution >= 4 is 91.1 Å². The van der Waals surface area contributed by atoms with Crippen molar-refractivity contribution in [2.75, 3.05) is 56.5 Å². The van der Waals surface area contributed by atoms with E-state index < -0.39 is 96.2 Å². The second-order valence-electron chi connectivity index (χ2n) is 15.3. The number of nitrogens with zero attached hydrogens (tertiary/aromatic N) is 4. The molecule has 0 bridgehead atoms. The molecule has 19 nitrogen and oxygen atoms in total. The van der Waals surface area contributed by atoms with Gasteiger partial charge in [0.15, 0.2) is 0 Å². The smallest absolute Gasteiger partial charge is 0.327 e. The monoisotopic (exact) mass is 869 g/mol. The van der Waals surface area contributed by atoms with Crippen LogP contribution in [0.1, 0.15) is 64.2 Å². The molecule has 322 valence electrons. The number of nitrogens with one attached hydrogen (secondary N) is 5. The summed E-state index contributed by atoms with van der Waals surface area (Å²) in [5, 5.41) is 22.8. The number of hydrogen-bond acceptors (Lipinski definition) is 13. The second-order valence-corrected chi connectivity index (χ2v) is 16.3. The van der Waals surface area contributed by atoms with E-state index in [2.05, 4.69) is 64.5 Å². The highest BCUT2D eigenvalue weighted by atomic mass is 32.1. The van der Waals surface area contributed by atoms with Gasteiger partial charge in [0, 0.05) is 43.4 Å². The van der Waals surface area contributed by atoms with Crippen molar-refractivity contribution in [3.8, 4) is 0 Å². The minimum Gasteiger partial charge on any atom is -0.480 e. The van der Waals surface area contributed by atoms with Crippen LogP contribution >= 0.6 is 37.9 Å². The first-order valence-electron chi connectivity index (χ1n) is 20.0. The Balaban J connectivity index is 1.12. The largest absolute Gasteiger partial charge is 0.480 e. The number of aliphatic carboxylic acids is 1. The minimum absolute atomic E-state index is 0.0388. The van der Waals surface area contributed by atoms with Crippen LogP contribution in [0.2, 0.25) is 0 Å². The molecule has 22 heteroatoms. The van der Waals surface area contributed by atoms with Crippen LogP contribution in [0.4, 0.5) is 0 Å². The van der Waals surface area contributed by atoms with Crippen LogP contribution in [0.25, 0.3) is 0 Å². The van der Waals surface area contributed by atoms with Crippen LogP contribution in [0.3, 0.4) is 0 Å². The van der Waals surface area contributed by atoms with E-state index in [1.54, 1.807) is 4.90 Å². The Bertz CT molecular complexity index is 1600. The molecule has 8 atom stereocenters. The number of thiol groups is 3. The van der Waals surface area contributed by atoms with Gasteiger partial charge >= 0.3 is 5.97 Å². The third-order valence-electron chi connectivity index (χ3n) is 11.5. The van der Waals surface area contributed by atoms with Crippen LogP contribution in [0.15, 0.2) is 0 Å². The Morgan fingerprint density at radius 3 is 1.50 bits per heavy atom. The van der Waals surface area contributed by atoms with Gasteiger partial charge in [-0.1, -0.05) is 0 Å². The highest BCUT2D eigenvalue weighted by Gasteiger charge is 2.45. The average molecular weight is 870 g/mol. The lowest BCUT2D eigenvalue weighted by Gasteiger charge is -2.33. The van der Waals surface area contributed by atoms with Crippen molar-refractivity contribution in [2.24, 2.45) is 0 Å². The number of likely N-dealkylation sites (tertiary alicyclic amines) is 4. The fourth-order valence-corrected chi connectivity index (χ4v) is 9.25. The zero-order chi connectivity index (χ0) is 42.1.